The number of benzene rings is 1. The second-order valence-corrected chi connectivity index (χ2v) is 7.42. The molecule has 0 unspecified atom stereocenters. The molecule has 3 N–H and O–H groups in total. The number of fused-ring (bicyclic) bond motifs is 1. The van der Waals surface area contributed by atoms with Crippen LogP contribution < -0.4 is 11.1 Å². The molecule has 0 aliphatic rings. The molecule has 108 valence electrons. The number of nitrogens with zero attached hydrogens (tertiary/aromatic N) is 3. The predicted octanol–water partition coefficient (Wildman–Crippen LogP) is 2.85. The topological polar surface area (TPSA) is 93.8 Å². The number of nitrogens with one attached hydrogen (secondary N) is 1. The fraction of sp³-hybridized carbons (Fsp3) is 0.167. The lowest BCUT2D eigenvalue weighted by molar-refractivity contribution is -0.115. The van der Waals surface area contributed by atoms with Crippen molar-refractivity contribution in [3.8, 4) is 0 Å². The van der Waals surface area contributed by atoms with Gasteiger partial charge in [-0.2, -0.15) is 0 Å². The van der Waals surface area contributed by atoms with Crippen LogP contribution in [0.4, 0.5) is 10.3 Å². The van der Waals surface area contributed by atoms with Crippen LogP contribution in [0.5, 0.6) is 0 Å². The standard InChI is InChI=1S/C12H11N5OS3/c13-10-16-17-12(21-10)19-6-5-9(18)15-11-14-7-3-1-2-4-8(7)20-11/h1-4H,5-6H2,(H2,13,16)(H,14,15,18). The minimum absolute atomic E-state index is 0.0564. The molecule has 9 heteroatoms. The Morgan fingerprint density at radius 3 is 2.90 bits per heavy atom. The molecule has 3 rings (SSSR count). The highest BCUT2D eigenvalue weighted by Gasteiger charge is 2.08. The van der Waals surface area contributed by atoms with Crippen LogP contribution in [0.1, 0.15) is 6.42 Å². The number of thioether (sulfide) groups is 1. The highest BCUT2D eigenvalue weighted by Crippen LogP contribution is 2.26. The Morgan fingerprint density at radius 1 is 1.29 bits per heavy atom. The number of aromatic nitrogens is 3. The Kier molecular flexibility index (Phi) is 4.32. The Hall–Kier alpha value is -1.71. The van der Waals surface area contributed by atoms with Crippen LogP contribution in [0.15, 0.2) is 28.6 Å². The summed E-state index contributed by atoms with van der Waals surface area (Å²) >= 11 is 4.27. The number of rotatable bonds is 5. The van der Waals surface area contributed by atoms with Gasteiger partial charge in [0.15, 0.2) is 9.47 Å². The quantitative estimate of drug-likeness (QED) is 0.695. The molecule has 0 fully saturated rings. The zero-order valence-corrected chi connectivity index (χ0v) is 13.2. The lowest BCUT2D eigenvalue weighted by Gasteiger charge is -1.99. The summed E-state index contributed by atoms with van der Waals surface area (Å²) in [6, 6.07) is 7.80. The summed E-state index contributed by atoms with van der Waals surface area (Å²) in [7, 11) is 0. The Labute approximate surface area is 132 Å². The maximum Gasteiger partial charge on any atom is 0.226 e. The molecule has 0 radical (unpaired) electrons. The fourth-order valence-electron chi connectivity index (χ4n) is 1.62. The number of carbonyl (C=O) groups excluding carboxylic acids is 1. The molecule has 0 saturated carbocycles. The highest BCUT2D eigenvalue weighted by molar-refractivity contribution is 8.01. The summed E-state index contributed by atoms with van der Waals surface area (Å²) in [5.74, 6) is 0.574. The van der Waals surface area contributed by atoms with Gasteiger partial charge in [-0.25, -0.2) is 4.98 Å². The van der Waals surface area contributed by atoms with Gasteiger partial charge in [-0.05, 0) is 12.1 Å². The Balaban J connectivity index is 1.51. The molecule has 0 aliphatic heterocycles. The highest BCUT2D eigenvalue weighted by atomic mass is 32.2. The number of para-hydroxylation sites is 1. The first-order chi connectivity index (χ1) is 10.2. The molecule has 0 bridgehead atoms. The molecule has 0 saturated heterocycles. The summed E-state index contributed by atoms with van der Waals surface area (Å²) in [5, 5.41) is 11.5. The molecular formula is C12H11N5OS3. The molecule has 1 aromatic carbocycles. The van der Waals surface area contributed by atoms with E-state index in [-0.39, 0.29) is 5.91 Å². The minimum atomic E-state index is -0.0564. The van der Waals surface area contributed by atoms with Crippen molar-refractivity contribution in [3.63, 3.8) is 0 Å². The number of hydrogen-bond acceptors (Lipinski definition) is 8. The van der Waals surface area contributed by atoms with Crippen molar-refractivity contribution in [1.82, 2.24) is 15.2 Å². The first-order valence-electron chi connectivity index (χ1n) is 6.08. The van der Waals surface area contributed by atoms with E-state index in [2.05, 4.69) is 20.5 Å². The first-order valence-corrected chi connectivity index (χ1v) is 8.70. The van der Waals surface area contributed by atoms with E-state index >= 15 is 0 Å². The number of amides is 1. The maximum atomic E-state index is 11.9. The third-order valence-electron chi connectivity index (χ3n) is 2.52. The van der Waals surface area contributed by atoms with E-state index in [1.165, 1.54) is 34.4 Å². The van der Waals surface area contributed by atoms with Crippen LogP contribution in [-0.4, -0.2) is 26.8 Å². The average molecular weight is 337 g/mol. The number of nitrogen functional groups attached to an aromatic ring is 1. The SMILES string of the molecule is Nc1nnc(SCCC(=O)Nc2nc3ccccc3s2)s1. The number of thiazole rings is 1. The number of nitrogens with two attached hydrogens (primary N) is 1. The summed E-state index contributed by atoms with van der Waals surface area (Å²) < 4.78 is 1.84. The van der Waals surface area contributed by atoms with Crippen LogP contribution in [-0.2, 0) is 4.79 Å². The summed E-state index contributed by atoms with van der Waals surface area (Å²) in [4.78, 5) is 16.2. The van der Waals surface area contributed by atoms with Crippen molar-refractivity contribution in [1.29, 1.82) is 0 Å². The zero-order valence-electron chi connectivity index (χ0n) is 10.8. The van der Waals surface area contributed by atoms with Gasteiger partial charge < -0.3 is 11.1 Å². The number of hydrogen-bond donors (Lipinski definition) is 2. The van der Waals surface area contributed by atoms with E-state index in [9.17, 15) is 4.79 Å². The molecule has 2 heterocycles. The van der Waals surface area contributed by atoms with Crippen LogP contribution in [0.2, 0.25) is 0 Å². The Bertz CT molecular complexity index is 736. The third-order valence-corrected chi connectivity index (χ3v) is 5.36. The zero-order chi connectivity index (χ0) is 14.7. The van der Waals surface area contributed by atoms with E-state index in [0.29, 0.717) is 22.4 Å². The molecule has 6 nitrogen and oxygen atoms in total. The normalized spacial score (nSPS) is 10.9. The summed E-state index contributed by atoms with van der Waals surface area (Å²) in [6.07, 6.45) is 0.389. The van der Waals surface area contributed by atoms with Crippen molar-refractivity contribution < 1.29 is 4.79 Å². The van der Waals surface area contributed by atoms with Gasteiger partial charge in [0.1, 0.15) is 0 Å². The van der Waals surface area contributed by atoms with Gasteiger partial charge in [-0.15, -0.1) is 10.2 Å². The largest absolute Gasteiger partial charge is 0.374 e. The van der Waals surface area contributed by atoms with Gasteiger partial charge in [0.05, 0.1) is 10.2 Å². The van der Waals surface area contributed by atoms with Gasteiger partial charge >= 0.3 is 0 Å². The van der Waals surface area contributed by atoms with E-state index in [0.717, 1.165) is 14.6 Å². The summed E-state index contributed by atoms with van der Waals surface area (Å²) in [6.45, 7) is 0. The number of carbonyl (C=O) groups is 1. The lowest BCUT2D eigenvalue weighted by Crippen LogP contribution is -2.11. The van der Waals surface area contributed by atoms with E-state index in [1.807, 2.05) is 24.3 Å². The van der Waals surface area contributed by atoms with Crippen molar-refractivity contribution in [3.05, 3.63) is 24.3 Å². The van der Waals surface area contributed by atoms with Crippen molar-refractivity contribution >= 4 is 60.8 Å². The maximum absolute atomic E-state index is 11.9. The molecule has 0 aliphatic carbocycles. The smallest absolute Gasteiger partial charge is 0.226 e. The molecule has 1 amide bonds. The third kappa shape index (κ3) is 3.69. The van der Waals surface area contributed by atoms with Gasteiger partial charge in [-0.1, -0.05) is 46.6 Å². The lowest BCUT2D eigenvalue weighted by atomic mass is 10.3. The van der Waals surface area contributed by atoms with Gasteiger partial charge in [-0.3, -0.25) is 4.79 Å². The van der Waals surface area contributed by atoms with E-state index in [1.54, 1.807) is 0 Å². The van der Waals surface area contributed by atoms with Crippen LogP contribution in [0.25, 0.3) is 10.2 Å². The van der Waals surface area contributed by atoms with Crippen molar-refractivity contribution in [2.24, 2.45) is 0 Å². The summed E-state index contributed by atoms with van der Waals surface area (Å²) in [5.41, 5.74) is 6.39. The van der Waals surface area contributed by atoms with Gasteiger partial charge in [0.2, 0.25) is 11.0 Å². The average Bonchev–Trinajstić information content (AvgIpc) is 3.04. The van der Waals surface area contributed by atoms with Crippen LogP contribution >= 0.6 is 34.4 Å². The number of anilines is 2. The fourth-order valence-corrected chi connectivity index (χ4v) is 4.14. The van der Waals surface area contributed by atoms with Gasteiger partial charge in [0.25, 0.3) is 0 Å². The van der Waals surface area contributed by atoms with Crippen LogP contribution in [0, 0.1) is 0 Å². The Morgan fingerprint density at radius 2 is 2.14 bits per heavy atom. The molecule has 2 aromatic heterocycles. The molecule has 0 atom stereocenters. The molecule has 0 spiro atoms. The molecular weight excluding hydrogens is 326 g/mol. The molecule has 21 heavy (non-hydrogen) atoms. The van der Waals surface area contributed by atoms with Gasteiger partial charge in [0, 0.05) is 12.2 Å². The van der Waals surface area contributed by atoms with E-state index in [4.69, 9.17) is 5.73 Å². The monoisotopic (exact) mass is 337 g/mol. The minimum Gasteiger partial charge on any atom is -0.374 e. The molecule has 3 aromatic rings. The van der Waals surface area contributed by atoms with Crippen molar-refractivity contribution in [2.75, 3.05) is 16.8 Å². The second kappa shape index (κ2) is 6.37. The van der Waals surface area contributed by atoms with Crippen molar-refractivity contribution in [2.45, 2.75) is 10.8 Å². The second-order valence-electron chi connectivity index (χ2n) is 4.04. The van der Waals surface area contributed by atoms with Crippen LogP contribution in [0.3, 0.4) is 0 Å². The predicted molar refractivity (Wildman–Crippen MR) is 87.9 cm³/mol. The van der Waals surface area contributed by atoms with E-state index < -0.39 is 0 Å². The first kappa shape index (κ1) is 14.2.